The highest BCUT2D eigenvalue weighted by Gasteiger charge is 2.29. The first-order valence-corrected chi connectivity index (χ1v) is 5.66. The standard InChI is InChI=1S/C11H21N/c1-2-9-5-3-4-6-11(9)12-10-7-8-10/h9-12H,2-8H2,1H3/t9-,11-/m1/s1. The molecule has 0 bridgehead atoms. The van der Waals surface area contributed by atoms with E-state index in [0.29, 0.717) is 0 Å². The molecular formula is C11H21N. The molecule has 0 heterocycles. The summed E-state index contributed by atoms with van der Waals surface area (Å²) >= 11 is 0. The van der Waals surface area contributed by atoms with Crippen LogP contribution in [0.5, 0.6) is 0 Å². The summed E-state index contributed by atoms with van der Waals surface area (Å²) in [6, 6.07) is 1.78. The van der Waals surface area contributed by atoms with E-state index < -0.39 is 0 Å². The summed E-state index contributed by atoms with van der Waals surface area (Å²) in [4.78, 5) is 0. The summed E-state index contributed by atoms with van der Waals surface area (Å²) in [5, 5.41) is 3.79. The Morgan fingerprint density at radius 1 is 1.08 bits per heavy atom. The van der Waals surface area contributed by atoms with E-state index in [-0.39, 0.29) is 0 Å². The first kappa shape index (κ1) is 8.55. The molecule has 2 rings (SSSR count). The van der Waals surface area contributed by atoms with Gasteiger partial charge in [-0.15, -0.1) is 0 Å². The molecule has 0 aliphatic heterocycles. The number of hydrogen-bond donors (Lipinski definition) is 1. The molecule has 0 amide bonds. The molecule has 2 saturated carbocycles. The van der Waals surface area contributed by atoms with Gasteiger partial charge in [0.25, 0.3) is 0 Å². The van der Waals surface area contributed by atoms with E-state index in [4.69, 9.17) is 0 Å². The quantitative estimate of drug-likeness (QED) is 0.681. The summed E-state index contributed by atoms with van der Waals surface area (Å²) < 4.78 is 0. The number of hydrogen-bond acceptors (Lipinski definition) is 1. The summed E-state index contributed by atoms with van der Waals surface area (Å²) in [6.07, 6.45) is 10.1. The molecule has 0 saturated heterocycles. The van der Waals surface area contributed by atoms with E-state index in [0.717, 1.165) is 18.0 Å². The van der Waals surface area contributed by atoms with Gasteiger partial charge in [0.2, 0.25) is 0 Å². The molecule has 70 valence electrons. The highest BCUT2D eigenvalue weighted by molar-refractivity contribution is 4.89. The number of rotatable bonds is 3. The lowest BCUT2D eigenvalue weighted by Crippen LogP contribution is -2.39. The summed E-state index contributed by atoms with van der Waals surface area (Å²) in [6.45, 7) is 2.34. The Hall–Kier alpha value is -0.0400. The van der Waals surface area contributed by atoms with Crippen LogP contribution in [-0.4, -0.2) is 12.1 Å². The molecule has 2 atom stereocenters. The Morgan fingerprint density at radius 3 is 2.50 bits per heavy atom. The van der Waals surface area contributed by atoms with Gasteiger partial charge in [-0.25, -0.2) is 0 Å². The zero-order valence-corrected chi connectivity index (χ0v) is 8.18. The van der Waals surface area contributed by atoms with Crippen molar-refractivity contribution in [3.63, 3.8) is 0 Å². The molecule has 0 aromatic heterocycles. The molecule has 0 aromatic rings. The number of nitrogens with one attached hydrogen (secondary N) is 1. The highest BCUT2D eigenvalue weighted by Crippen LogP contribution is 2.30. The Balaban J connectivity index is 1.81. The topological polar surface area (TPSA) is 12.0 Å². The molecule has 2 fully saturated rings. The Labute approximate surface area is 75.9 Å². The molecule has 0 spiro atoms. The van der Waals surface area contributed by atoms with Gasteiger partial charge in [0.15, 0.2) is 0 Å². The van der Waals surface area contributed by atoms with Gasteiger partial charge in [0, 0.05) is 12.1 Å². The van der Waals surface area contributed by atoms with E-state index in [2.05, 4.69) is 12.2 Å². The van der Waals surface area contributed by atoms with Crippen molar-refractivity contribution in [2.45, 2.75) is 64.0 Å². The molecule has 1 heteroatoms. The van der Waals surface area contributed by atoms with E-state index in [1.807, 2.05) is 0 Å². The summed E-state index contributed by atoms with van der Waals surface area (Å²) in [5.41, 5.74) is 0. The first-order chi connectivity index (χ1) is 5.90. The van der Waals surface area contributed by atoms with Crippen LogP contribution in [0.15, 0.2) is 0 Å². The average molecular weight is 167 g/mol. The van der Waals surface area contributed by atoms with Gasteiger partial charge in [-0.2, -0.15) is 0 Å². The minimum atomic E-state index is 0.872. The summed E-state index contributed by atoms with van der Waals surface area (Å²) in [5.74, 6) is 0.986. The lowest BCUT2D eigenvalue weighted by molar-refractivity contribution is 0.254. The lowest BCUT2D eigenvalue weighted by atomic mass is 9.83. The van der Waals surface area contributed by atoms with Crippen molar-refractivity contribution in [2.75, 3.05) is 0 Å². The smallest absolute Gasteiger partial charge is 0.00978 e. The van der Waals surface area contributed by atoms with Gasteiger partial charge >= 0.3 is 0 Å². The summed E-state index contributed by atoms with van der Waals surface area (Å²) in [7, 11) is 0. The minimum Gasteiger partial charge on any atom is -0.311 e. The molecule has 0 aromatic carbocycles. The van der Waals surface area contributed by atoms with Gasteiger partial charge in [-0.05, 0) is 31.6 Å². The third-order valence-electron chi connectivity index (χ3n) is 3.46. The third-order valence-corrected chi connectivity index (χ3v) is 3.46. The average Bonchev–Trinajstić information content (AvgIpc) is 2.89. The van der Waals surface area contributed by atoms with Crippen LogP contribution >= 0.6 is 0 Å². The minimum absolute atomic E-state index is 0.872. The molecule has 2 aliphatic carbocycles. The van der Waals surface area contributed by atoms with Crippen LogP contribution in [0.2, 0.25) is 0 Å². The molecule has 0 radical (unpaired) electrons. The molecule has 1 N–H and O–H groups in total. The maximum Gasteiger partial charge on any atom is 0.00978 e. The monoisotopic (exact) mass is 167 g/mol. The van der Waals surface area contributed by atoms with Crippen molar-refractivity contribution in [1.29, 1.82) is 0 Å². The van der Waals surface area contributed by atoms with Gasteiger partial charge < -0.3 is 5.32 Å². The highest BCUT2D eigenvalue weighted by atomic mass is 15.0. The Bertz CT molecular complexity index is 140. The van der Waals surface area contributed by atoms with Gasteiger partial charge in [0.05, 0.1) is 0 Å². The van der Waals surface area contributed by atoms with E-state index in [1.54, 1.807) is 0 Å². The molecule has 0 unspecified atom stereocenters. The van der Waals surface area contributed by atoms with Crippen LogP contribution in [0, 0.1) is 5.92 Å². The maximum absolute atomic E-state index is 3.79. The first-order valence-electron chi connectivity index (χ1n) is 5.66. The third kappa shape index (κ3) is 2.01. The van der Waals surface area contributed by atoms with Crippen LogP contribution in [0.1, 0.15) is 51.9 Å². The van der Waals surface area contributed by atoms with Crippen LogP contribution in [0.25, 0.3) is 0 Å². The van der Waals surface area contributed by atoms with Crippen LogP contribution < -0.4 is 5.32 Å². The lowest BCUT2D eigenvalue weighted by Gasteiger charge is -2.31. The second-order valence-electron chi connectivity index (χ2n) is 4.50. The Kier molecular flexibility index (Phi) is 2.69. The predicted molar refractivity (Wildman–Crippen MR) is 52.2 cm³/mol. The van der Waals surface area contributed by atoms with Crippen molar-refractivity contribution >= 4 is 0 Å². The molecular weight excluding hydrogens is 146 g/mol. The predicted octanol–water partition coefficient (Wildman–Crippen LogP) is 2.71. The molecule has 12 heavy (non-hydrogen) atoms. The van der Waals surface area contributed by atoms with E-state index in [9.17, 15) is 0 Å². The van der Waals surface area contributed by atoms with Gasteiger partial charge in [0.1, 0.15) is 0 Å². The molecule has 1 nitrogen and oxygen atoms in total. The fraction of sp³-hybridized carbons (Fsp3) is 1.00. The van der Waals surface area contributed by atoms with Gasteiger partial charge in [-0.3, -0.25) is 0 Å². The zero-order valence-electron chi connectivity index (χ0n) is 8.18. The normalized spacial score (nSPS) is 36.8. The van der Waals surface area contributed by atoms with Crippen molar-refractivity contribution in [3.8, 4) is 0 Å². The largest absolute Gasteiger partial charge is 0.311 e. The fourth-order valence-corrected chi connectivity index (χ4v) is 2.47. The SMILES string of the molecule is CC[C@@H]1CCCC[C@H]1NC1CC1. The van der Waals surface area contributed by atoms with Crippen LogP contribution in [-0.2, 0) is 0 Å². The van der Waals surface area contributed by atoms with Crippen molar-refractivity contribution in [2.24, 2.45) is 5.92 Å². The van der Waals surface area contributed by atoms with Crippen LogP contribution in [0.4, 0.5) is 0 Å². The second-order valence-corrected chi connectivity index (χ2v) is 4.50. The van der Waals surface area contributed by atoms with Crippen molar-refractivity contribution < 1.29 is 0 Å². The fourth-order valence-electron chi connectivity index (χ4n) is 2.47. The van der Waals surface area contributed by atoms with Gasteiger partial charge in [-0.1, -0.05) is 26.2 Å². The maximum atomic E-state index is 3.79. The van der Waals surface area contributed by atoms with Crippen LogP contribution in [0.3, 0.4) is 0 Å². The van der Waals surface area contributed by atoms with Crippen molar-refractivity contribution in [3.05, 3.63) is 0 Å². The second kappa shape index (κ2) is 3.78. The zero-order chi connectivity index (χ0) is 8.39. The van der Waals surface area contributed by atoms with E-state index in [1.165, 1.54) is 44.9 Å². The molecule has 2 aliphatic rings. The Morgan fingerprint density at radius 2 is 1.83 bits per heavy atom. The van der Waals surface area contributed by atoms with E-state index >= 15 is 0 Å². The van der Waals surface area contributed by atoms with Crippen molar-refractivity contribution in [1.82, 2.24) is 5.32 Å².